The van der Waals surface area contributed by atoms with Crippen LogP contribution in [0.4, 0.5) is 5.95 Å². The summed E-state index contributed by atoms with van der Waals surface area (Å²) in [4.78, 5) is 11.5. The van der Waals surface area contributed by atoms with Crippen molar-refractivity contribution in [2.24, 2.45) is 5.92 Å². The molecule has 1 aliphatic carbocycles. The summed E-state index contributed by atoms with van der Waals surface area (Å²) < 4.78 is 0. The van der Waals surface area contributed by atoms with E-state index < -0.39 is 0 Å². The molecule has 0 spiro atoms. The zero-order valence-corrected chi connectivity index (χ0v) is 12.6. The molecule has 1 N–H and O–H groups in total. The van der Waals surface area contributed by atoms with Crippen LogP contribution in [0.15, 0.2) is 6.20 Å². The van der Waals surface area contributed by atoms with Crippen LogP contribution in [-0.4, -0.2) is 30.1 Å². The van der Waals surface area contributed by atoms with Gasteiger partial charge in [-0.3, -0.25) is 0 Å². The van der Waals surface area contributed by atoms with E-state index in [0.29, 0.717) is 6.04 Å². The molecule has 0 radical (unpaired) electrons. The highest BCUT2D eigenvalue weighted by atomic mass is 15.3. The highest BCUT2D eigenvalue weighted by Gasteiger charge is 2.24. The van der Waals surface area contributed by atoms with Crippen molar-refractivity contribution in [1.82, 2.24) is 15.3 Å². The van der Waals surface area contributed by atoms with Crippen LogP contribution >= 0.6 is 0 Å². The fraction of sp³-hybridized carbons (Fsp3) is 0.733. The summed E-state index contributed by atoms with van der Waals surface area (Å²) in [6.07, 6.45) is 7.17. The van der Waals surface area contributed by atoms with Crippen molar-refractivity contribution in [2.45, 2.75) is 52.1 Å². The number of aryl methyl sites for hydroxylation is 1. The predicted octanol–water partition coefficient (Wildman–Crippen LogP) is 2.52. The molecular formula is C15H26N4. The van der Waals surface area contributed by atoms with E-state index in [2.05, 4.69) is 41.1 Å². The monoisotopic (exact) mass is 262 g/mol. The number of aromatic nitrogens is 2. The highest BCUT2D eigenvalue weighted by Crippen LogP contribution is 2.28. The Bertz CT molecular complexity index is 419. The molecule has 19 heavy (non-hydrogen) atoms. The largest absolute Gasteiger partial charge is 0.341 e. The van der Waals surface area contributed by atoms with Gasteiger partial charge in [-0.2, -0.15) is 0 Å². The summed E-state index contributed by atoms with van der Waals surface area (Å²) in [5.41, 5.74) is 2.26. The zero-order valence-electron chi connectivity index (χ0n) is 12.6. The summed E-state index contributed by atoms with van der Waals surface area (Å²) in [5.74, 6) is 1.70. The maximum absolute atomic E-state index is 4.67. The van der Waals surface area contributed by atoms with Gasteiger partial charge in [0.25, 0.3) is 0 Å². The van der Waals surface area contributed by atoms with Crippen LogP contribution in [0.1, 0.15) is 43.9 Å². The molecule has 0 saturated heterocycles. The van der Waals surface area contributed by atoms with Gasteiger partial charge >= 0.3 is 0 Å². The van der Waals surface area contributed by atoms with Crippen molar-refractivity contribution in [3.8, 4) is 0 Å². The standard InChI is InChI=1S/C15H26N4/c1-11-6-5-7-14(8-11)19(4)15-17-10-13(9-16-3)12(2)18-15/h10-11,14,16H,5-9H2,1-4H3. The number of hydrogen-bond acceptors (Lipinski definition) is 4. The lowest BCUT2D eigenvalue weighted by atomic mass is 9.86. The number of nitrogens with zero attached hydrogens (tertiary/aromatic N) is 3. The third-order valence-electron chi connectivity index (χ3n) is 4.21. The van der Waals surface area contributed by atoms with Gasteiger partial charge in [-0.05, 0) is 32.7 Å². The zero-order chi connectivity index (χ0) is 13.8. The molecule has 2 rings (SSSR count). The molecule has 0 aromatic carbocycles. The normalized spacial score (nSPS) is 23.4. The average Bonchev–Trinajstić information content (AvgIpc) is 2.40. The molecule has 1 aliphatic rings. The Labute approximate surface area is 116 Å². The smallest absolute Gasteiger partial charge is 0.225 e. The van der Waals surface area contributed by atoms with Gasteiger partial charge in [0.05, 0.1) is 0 Å². The van der Waals surface area contributed by atoms with E-state index in [1.54, 1.807) is 0 Å². The molecule has 1 heterocycles. The minimum atomic E-state index is 0.596. The van der Waals surface area contributed by atoms with Gasteiger partial charge in [-0.25, -0.2) is 9.97 Å². The van der Waals surface area contributed by atoms with Crippen molar-refractivity contribution in [2.75, 3.05) is 19.0 Å². The van der Waals surface area contributed by atoms with Crippen LogP contribution in [0.2, 0.25) is 0 Å². The number of anilines is 1. The summed E-state index contributed by atoms with van der Waals surface area (Å²) in [6.45, 7) is 5.24. The lowest BCUT2D eigenvalue weighted by Gasteiger charge is -2.34. The van der Waals surface area contributed by atoms with Crippen molar-refractivity contribution in [1.29, 1.82) is 0 Å². The average molecular weight is 262 g/mol. The summed E-state index contributed by atoms with van der Waals surface area (Å²) >= 11 is 0. The second kappa shape index (κ2) is 6.33. The third kappa shape index (κ3) is 3.44. The minimum absolute atomic E-state index is 0.596. The van der Waals surface area contributed by atoms with Gasteiger partial charge in [0.15, 0.2) is 0 Å². The van der Waals surface area contributed by atoms with Crippen LogP contribution in [0.3, 0.4) is 0 Å². The van der Waals surface area contributed by atoms with Crippen LogP contribution in [0.25, 0.3) is 0 Å². The highest BCUT2D eigenvalue weighted by molar-refractivity contribution is 5.33. The van der Waals surface area contributed by atoms with Crippen molar-refractivity contribution < 1.29 is 0 Å². The Balaban J connectivity index is 2.10. The Hall–Kier alpha value is -1.16. The first-order valence-corrected chi connectivity index (χ1v) is 7.31. The summed E-state index contributed by atoms with van der Waals surface area (Å²) in [5, 5.41) is 3.15. The molecule has 4 nitrogen and oxygen atoms in total. The van der Waals surface area contributed by atoms with Crippen molar-refractivity contribution in [3.63, 3.8) is 0 Å². The van der Waals surface area contributed by atoms with Crippen LogP contribution < -0.4 is 10.2 Å². The minimum Gasteiger partial charge on any atom is -0.341 e. The molecule has 1 saturated carbocycles. The maximum atomic E-state index is 4.67. The van der Waals surface area contributed by atoms with Gasteiger partial charge in [0.1, 0.15) is 0 Å². The fourth-order valence-corrected chi connectivity index (χ4v) is 2.93. The van der Waals surface area contributed by atoms with Crippen LogP contribution in [0.5, 0.6) is 0 Å². The number of hydrogen-bond donors (Lipinski definition) is 1. The molecule has 2 atom stereocenters. The van der Waals surface area contributed by atoms with E-state index in [1.807, 2.05) is 13.2 Å². The van der Waals surface area contributed by atoms with Crippen molar-refractivity contribution >= 4 is 5.95 Å². The van der Waals surface area contributed by atoms with Gasteiger partial charge in [-0.15, -0.1) is 0 Å². The Kier molecular flexibility index (Phi) is 4.75. The van der Waals surface area contributed by atoms with Gasteiger partial charge in [0.2, 0.25) is 5.95 Å². The van der Waals surface area contributed by atoms with E-state index in [0.717, 1.165) is 24.1 Å². The van der Waals surface area contributed by atoms with E-state index >= 15 is 0 Å². The second-order valence-corrected chi connectivity index (χ2v) is 5.85. The lowest BCUT2D eigenvalue weighted by molar-refractivity contribution is 0.334. The Morgan fingerprint density at radius 2 is 2.21 bits per heavy atom. The first kappa shape index (κ1) is 14.3. The van der Waals surface area contributed by atoms with Crippen molar-refractivity contribution in [3.05, 3.63) is 17.5 Å². The molecule has 1 aromatic rings. The molecule has 0 amide bonds. The summed E-state index contributed by atoms with van der Waals surface area (Å²) in [6, 6.07) is 0.596. The predicted molar refractivity (Wildman–Crippen MR) is 79.4 cm³/mol. The molecule has 0 bridgehead atoms. The Morgan fingerprint density at radius 1 is 1.42 bits per heavy atom. The first-order valence-electron chi connectivity index (χ1n) is 7.31. The lowest BCUT2D eigenvalue weighted by Crippen LogP contribution is -2.36. The molecule has 1 aromatic heterocycles. The molecular weight excluding hydrogens is 236 g/mol. The van der Waals surface area contributed by atoms with E-state index in [1.165, 1.54) is 31.2 Å². The summed E-state index contributed by atoms with van der Waals surface area (Å²) in [7, 11) is 4.08. The fourth-order valence-electron chi connectivity index (χ4n) is 2.93. The maximum Gasteiger partial charge on any atom is 0.225 e. The van der Waals surface area contributed by atoms with E-state index in [-0.39, 0.29) is 0 Å². The molecule has 2 unspecified atom stereocenters. The van der Waals surface area contributed by atoms with E-state index in [9.17, 15) is 0 Å². The third-order valence-corrected chi connectivity index (χ3v) is 4.21. The van der Waals surface area contributed by atoms with E-state index in [4.69, 9.17) is 0 Å². The number of rotatable bonds is 4. The van der Waals surface area contributed by atoms with Gasteiger partial charge < -0.3 is 10.2 Å². The van der Waals surface area contributed by atoms with Gasteiger partial charge in [-0.1, -0.05) is 19.8 Å². The number of nitrogens with one attached hydrogen (secondary N) is 1. The second-order valence-electron chi connectivity index (χ2n) is 5.85. The van der Waals surface area contributed by atoms with Crippen LogP contribution in [0, 0.1) is 12.8 Å². The molecule has 0 aliphatic heterocycles. The molecule has 4 heteroatoms. The Morgan fingerprint density at radius 3 is 2.84 bits per heavy atom. The molecule has 106 valence electrons. The van der Waals surface area contributed by atoms with Gasteiger partial charge in [0, 0.05) is 37.1 Å². The first-order chi connectivity index (χ1) is 9.11. The topological polar surface area (TPSA) is 41.1 Å². The van der Waals surface area contributed by atoms with Crippen LogP contribution in [-0.2, 0) is 6.54 Å². The SMILES string of the molecule is CNCc1cnc(N(C)C2CCCC(C)C2)nc1C. The quantitative estimate of drug-likeness (QED) is 0.905. The molecule has 1 fully saturated rings.